The van der Waals surface area contributed by atoms with Crippen LogP contribution in [0.2, 0.25) is 0 Å². The molecule has 3 aliphatic heterocycles. The van der Waals surface area contributed by atoms with Gasteiger partial charge in [0.2, 0.25) is 11.8 Å². The number of carboxylic acids is 1. The molecule has 3 aliphatic rings. The van der Waals surface area contributed by atoms with Crippen molar-refractivity contribution >= 4 is 35.3 Å². The highest BCUT2D eigenvalue weighted by Crippen LogP contribution is 2.31. The van der Waals surface area contributed by atoms with Crippen LogP contribution < -0.4 is 10.2 Å². The Morgan fingerprint density at radius 1 is 1.06 bits per heavy atom. The van der Waals surface area contributed by atoms with E-state index in [0.717, 1.165) is 49.6 Å². The Balaban J connectivity index is 1.37. The van der Waals surface area contributed by atoms with Crippen molar-refractivity contribution in [3.63, 3.8) is 0 Å². The van der Waals surface area contributed by atoms with Crippen molar-refractivity contribution in [2.45, 2.75) is 57.5 Å². The summed E-state index contributed by atoms with van der Waals surface area (Å²) in [5, 5.41) is 11.0. The van der Waals surface area contributed by atoms with E-state index < -0.39 is 35.6 Å². The topological polar surface area (TPSA) is 127 Å². The van der Waals surface area contributed by atoms with Gasteiger partial charge in [-0.25, -0.2) is 0 Å². The zero-order valence-electron chi connectivity index (χ0n) is 19.3. The second kappa shape index (κ2) is 9.92. The van der Waals surface area contributed by atoms with Gasteiger partial charge in [0.1, 0.15) is 6.04 Å². The van der Waals surface area contributed by atoms with Crippen LogP contribution in [0.15, 0.2) is 18.2 Å². The molecule has 0 spiro atoms. The number of fused-ring (bicyclic) bond motifs is 1. The van der Waals surface area contributed by atoms with Crippen LogP contribution >= 0.6 is 0 Å². The predicted molar refractivity (Wildman–Crippen MR) is 122 cm³/mol. The van der Waals surface area contributed by atoms with Crippen LogP contribution in [-0.2, 0) is 14.4 Å². The maximum absolute atomic E-state index is 13.1. The number of hydrogen-bond donors (Lipinski definition) is 2. The van der Waals surface area contributed by atoms with E-state index in [-0.39, 0.29) is 24.8 Å². The summed E-state index contributed by atoms with van der Waals surface area (Å²) >= 11 is 0. The minimum Gasteiger partial charge on any atom is -0.481 e. The van der Waals surface area contributed by atoms with Crippen molar-refractivity contribution in [3.05, 3.63) is 29.3 Å². The number of nitrogens with zero attached hydrogens (tertiary/aromatic N) is 3. The number of imide groups is 2. The Labute approximate surface area is 197 Å². The maximum Gasteiger partial charge on any atom is 0.303 e. The predicted octanol–water partition coefficient (Wildman–Crippen LogP) is 1.24. The highest BCUT2D eigenvalue weighted by Gasteiger charge is 2.44. The molecule has 3 heterocycles. The minimum atomic E-state index is -0.964. The Hall–Kier alpha value is -3.27. The molecule has 182 valence electrons. The fourth-order valence-electron chi connectivity index (χ4n) is 4.98. The van der Waals surface area contributed by atoms with Gasteiger partial charge < -0.3 is 10.0 Å². The van der Waals surface area contributed by atoms with Gasteiger partial charge >= 0.3 is 5.97 Å². The number of piperazine rings is 1. The normalized spacial score (nSPS) is 22.1. The third-order valence-corrected chi connectivity index (χ3v) is 6.99. The van der Waals surface area contributed by atoms with E-state index in [2.05, 4.69) is 22.0 Å². The molecule has 0 radical (unpaired) electrons. The Kier molecular flexibility index (Phi) is 6.97. The molecule has 2 N–H and O–H groups in total. The lowest BCUT2D eigenvalue weighted by Gasteiger charge is -2.39. The van der Waals surface area contributed by atoms with Gasteiger partial charge in [0.25, 0.3) is 11.8 Å². The molecule has 2 fully saturated rings. The van der Waals surface area contributed by atoms with Gasteiger partial charge in [0.15, 0.2) is 0 Å². The van der Waals surface area contributed by atoms with Crippen LogP contribution in [0.3, 0.4) is 0 Å². The van der Waals surface area contributed by atoms with Crippen molar-refractivity contribution < 1.29 is 29.1 Å². The fraction of sp³-hybridized carbons (Fsp3) is 0.542. The van der Waals surface area contributed by atoms with E-state index in [9.17, 15) is 24.0 Å². The first kappa shape index (κ1) is 23.9. The van der Waals surface area contributed by atoms with Gasteiger partial charge in [-0.15, -0.1) is 0 Å². The molecule has 34 heavy (non-hydrogen) atoms. The van der Waals surface area contributed by atoms with E-state index in [4.69, 9.17) is 5.11 Å². The van der Waals surface area contributed by atoms with Crippen molar-refractivity contribution in [1.82, 2.24) is 15.1 Å². The summed E-state index contributed by atoms with van der Waals surface area (Å²) in [7, 11) is 0. The van der Waals surface area contributed by atoms with Crippen LogP contribution in [-0.4, -0.2) is 82.8 Å². The fourth-order valence-corrected chi connectivity index (χ4v) is 4.98. The number of carboxylic acid groups (broad SMARTS) is 1. The SMILES string of the molecule is CC(CCCCC(=O)O)N1CCN(c2ccc3c(c2)C(=O)N(C2CCC(=O)NC2=O)C3=O)CC1. The molecule has 0 aromatic heterocycles. The number of hydrogen-bond acceptors (Lipinski definition) is 7. The first-order valence-electron chi connectivity index (χ1n) is 11.8. The number of nitrogens with one attached hydrogen (secondary N) is 1. The van der Waals surface area contributed by atoms with Gasteiger partial charge in [0.05, 0.1) is 11.1 Å². The number of aliphatic carboxylic acids is 1. The van der Waals surface area contributed by atoms with Gasteiger partial charge in [-0.1, -0.05) is 6.42 Å². The molecule has 0 aliphatic carbocycles. The van der Waals surface area contributed by atoms with Crippen LogP contribution in [0.4, 0.5) is 5.69 Å². The van der Waals surface area contributed by atoms with E-state index >= 15 is 0 Å². The highest BCUT2D eigenvalue weighted by molar-refractivity contribution is 6.23. The number of carbonyl (C=O) groups is 5. The largest absolute Gasteiger partial charge is 0.481 e. The Morgan fingerprint density at radius 3 is 2.44 bits per heavy atom. The molecule has 0 bridgehead atoms. The van der Waals surface area contributed by atoms with Gasteiger partial charge in [-0.3, -0.25) is 39.1 Å². The third kappa shape index (κ3) is 4.82. The van der Waals surface area contributed by atoms with Gasteiger partial charge in [-0.05, 0) is 44.4 Å². The molecule has 10 nitrogen and oxygen atoms in total. The quantitative estimate of drug-likeness (QED) is 0.429. The lowest BCUT2D eigenvalue weighted by molar-refractivity contribution is -0.138. The summed E-state index contributed by atoms with van der Waals surface area (Å²) in [6, 6.07) is 4.62. The summed E-state index contributed by atoms with van der Waals surface area (Å²) in [4.78, 5) is 65.8. The highest BCUT2D eigenvalue weighted by atomic mass is 16.4. The van der Waals surface area contributed by atoms with Crippen LogP contribution in [0.5, 0.6) is 0 Å². The van der Waals surface area contributed by atoms with Crippen molar-refractivity contribution in [3.8, 4) is 0 Å². The van der Waals surface area contributed by atoms with Crippen LogP contribution in [0, 0.1) is 0 Å². The maximum atomic E-state index is 13.1. The Bertz CT molecular complexity index is 1020. The van der Waals surface area contributed by atoms with Crippen LogP contribution in [0.1, 0.15) is 66.2 Å². The third-order valence-electron chi connectivity index (χ3n) is 6.99. The average molecular weight is 471 g/mol. The van der Waals surface area contributed by atoms with Gasteiger partial charge in [0, 0.05) is 50.7 Å². The lowest BCUT2D eigenvalue weighted by atomic mass is 10.0. The van der Waals surface area contributed by atoms with Crippen molar-refractivity contribution in [2.24, 2.45) is 0 Å². The summed E-state index contributed by atoms with van der Waals surface area (Å²) in [5.74, 6) is -2.75. The molecule has 2 atom stereocenters. The molecule has 2 unspecified atom stereocenters. The zero-order valence-corrected chi connectivity index (χ0v) is 19.3. The molecule has 4 rings (SSSR count). The van der Waals surface area contributed by atoms with E-state index in [1.807, 2.05) is 6.07 Å². The minimum absolute atomic E-state index is 0.0946. The molecule has 0 saturated carbocycles. The second-order valence-corrected chi connectivity index (χ2v) is 9.19. The second-order valence-electron chi connectivity index (χ2n) is 9.19. The summed E-state index contributed by atoms with van der Waals surface area (Å²) < 4.78 is 0. The van der Waals surface area contributed by atoms with Gasteiger partial charge in [-0.2, -0.15) is 0 Å². The Morgan fingerprint density at radius 2 is 1.76 bits per heavy atom. The van der Waals surface area contributed by atoms with Crippen molar-refractivity contribution in [2.75, 3.05) is 31.1 Å². The number of unbranched alkanes of at least 4 members (excludes halogenated alkanes) is 1. The molecule has 1 aromatic carbocycles. The molecule has 1 aromatic rings. The molecule has 10 heteroatoms. The first-order chi connectivity index (χ1) is 16.3. The standard InChI is InChI=1S/C24H30N4O6/c1-15(4-2-3-5-21(30)31)26-10-12-27(13-11-26)16-6-7-17-18(14-16)24(34)28(23(17)33)19-8-9-20(29)25-22(19)32/h6-7,14-15,19H,2-5,8-13H2,1H3,(H,30,31)(H,25,29,32). The number of piperidine rings is 1. The van der Waals surface area contributed by atoms with E-state index in [1.165, 1.54) is 0 Å². The summed E-state index contributed by atoms with van der Waals surface area (Å²) in [6.07, 6.45) is 2.98. The molecular formula is C24H30N4O6. The first-order valence-corrected chi connectivity index (χ1v) is 11.8. The summed E-state index contributed by atoms with van der Waals surface area (Å²) in [5.41, 5.74) is 1.44. The number of benzene rings is 1. The van der Waals surface area contributed by atoms with E-state index in [0.29, 0.717) is 18.0 Å². The number of carbonyl (C=O) groups excluding carboxylic acids is 4. The summed E-state index contributed by atoms with van der Waals surface area (Å²) in [6.45, 7) is 5.42. The smallest absolute Gasteiger partial charge is 0.303 e. The molecular weight excluding hydrogens is 440 g/mol. The number of amides is 4. The molecule has 4 amide bonds. The number of anilines is 1. The number of rotatable bonds is 8. The monoisotopic (exact) mass is 470 g/mol. The zero-order chi connectivity index (χ0) is 24.4. The average Bonchev–Trinajstić information content (AvgIpc) is 3.06. The lowest BCUT2D eigenvalue weighted by Crippen LogP contribution is -2.54. The molecule has 2 saturated heterocycles. The van der Waals surface area contributed by atoms with Crippen LogP contribution in [0.25, 0.3) is 0 Å². The van der Waals surface area contributed by atoms with E-state index in [1.54, 1.807) is 12.1 Å². The van der Waals surface area contributed by atoms with Crippen molar-refractivity contribution in [1.29, 1.82) is 0 Å².